The third kappa shape index (κ3) is 2.93. The van der Waals surface area contributed by atoms with Gasteiger partial charge in [-0.2, -0.15) is 0 Å². The summed E-state index contributed by atoms with van der Waals surface area (Å²) < 4.78 is 0. The third-order valence-electron chi connectivity index (χ3n) is 2.98. The quantitative estimate of drug-likeness (QED) is 0.485. The van der Waals surface area contributed by atoms with Gasteiger partial charge in [-0.1, -0.05) is 37.6 Å². The van der Waals surface area contributed by atoms with E-state index in [1.165, 1.54) is 5.56 Å². The van der Waals surface area contributed by atoms with Gasteiger partial charge in [0.05, 0.1) is 4.92 Å². The second kappa shape index (κ2) is 5.96. The monoisotopic (exact) mass is 291 g/mol. The average molecular weight is 292 g/mol. The van der Waals surface area contributed by atoms with Crippen LogP contribution in [0, 0.1) is 17.0 Å². The van der Waals surface area contributed by atoms with Crippen molar-refractivity contribution in [3.05, 3.63) is 50.9 Å². The molecule has 0 saturated carbocycles. The molecule has 0 atom stereocenters. The molecule has 0 spiro atoms. The maximum atomic E-state index is 11.2. The van der Waals surface area contributed by atoms with Crippen LogP contribution >= 0.6 is 11.6 Å². The van der Waals surface area contributed by atoms with E-state index in [1.54, 1.807) is 6.92 Å². The molecule has 0 aliphatic heterocycles. The summed E-state index contributed by atoms with van der Waals surface area (Å²) in [5, 5.41) is 11.2. The first-order valence-electron chi connectivity index (χ1n) is 6.30. The Kier molecular flexibility index (Phi) is 4.29. The molecule has 0 radical (unpaired) electrons. The number of rotatable bonds is 4. The van der Waals surface area contributed by atoms with Crippen molar-refractivity contribution in [1.29, 1.82) is 0 Å². The number of hydrogen-bond acceptors (Lipinski definition) is 4. The first-order chi connectivity index (χ1) is 9.52. The minimum Gasteiger partial charge on any atom is -0.258 e. The van der Waals surface area contributed by atoms with Crippen LogP contribution in [-0.2, 0) is 6.42 Å². The van der Waals surface area contributed by atoms with Crippen molar-refractivity contribution in [3.63, 3.8) is 0 Å². The molecule has 0 N–H and O–H groups in total. The predicted octanol–water partition coefficient (Wildman–Crippen LogP) is 3.97. The van der Waals surface area contributed by atoms with Gasteiger partial charge in [0.25, 0.3) is 0 Å². The van der Waals surface area contributed by atoms with Crippen LogP contribution in [-0.4, -0.2) is 14.9 Å². The van der Waals surface area contributed by atoms with Crippen LogP contribution in [0.1, 0.15) is 24.6 Å². The van der Waals surface area contributed by atoms with Crippen molar-refractivity contribution in [2.75, 3.05) is 0 Å². The zero-order valence-electron chi connectivity index (χ0n) is 11.3. The van der Waals surface area contributed by atoms with E-state index >= 15 is 0 Å². The fraction of sp³-hybridized carbons (Fsp3) is 0.286. The lowest BCUT2D eigenvalue weighted by molar-refractivity contribution is -0.385. The van der Waals surface area contributed by atoms with E-state index in [1.807, 2.05) is 24.3 Å². The number of halogens is 1. The van der Waals surface area contributed by atoms with Crippen molar-refractivity contribution in [2.24, 2.45) is 0 Å². The second-order valence-electron chi connectivity index (χ2n) is 4.48. The number of aryl methyl sites for hydroxylation is 2. The molecule has 1 heterocycles. The van der Waals surface area contributed by atoms with Crippen molar-refractivity contribution in [3.8, 4) is 11.3 Å². The van der Waals surface area contributed by atoms with Gasteiger partial charge < -0.3 is 0 Å². The Morgan fingerprint density at radius 1 is 1.25 bits per heavy atom. The molecule has 0 amide bonds. The molecular weight excluding hydrogens is 278 g/mol. The Morgan fingerprint density at radius 2 is 1.90 bits per heavy atom. The molecular formula is C14H14ClN3O2. The Morgan fingerprint density at radius 3 is 2.45 bits per heavy atom. The lowest BCUT2D eigenvalue weighted by atomic mass is 10.0. The molecule has 0 aliphatic carbocycles. The van der Waals surface area contributed by atoms with E-state index in [0.29, 0.717) is 5.56 Å². The molecule has 0 bridgehead atoms. The second-order valence-corrected chi connectivity index (χ2v) is 4.82. The Bertz CT molecular complexity index is 642. The van der Waals surface area contributed by atoms with Crippen LogP contribution in [0.2, 0.25) is 5.28 Å². The van der Waals surface area contributed by atoms with Gasteiger partial charge >= 0.3 is 5.69 Å². The summed E-state index contributed by atoms with van der Waals surface area (Å²) in [5.74, 6) is 0. The molecule has 1 aromatic carbocycles. The van der Waals surface area contributed by atoms with Gasteiger partial charge in [-0.15, -0.1) is 0 Å². The summed E-state index contributed by atoms with van der Waals surface area (Å²) in [6, 6.07) is 7.56. The topological polar surface area (TPSA) is 68.9 Å². The minimum atomic E-state index is -0.471. The summed E-state index contributed by atoms with van der Waals surface area (Å²) >= 11 is 5.81. The zero-order valence-corrected chi connectivity index (χ0v) is 12.0. The molecule has 0 saturated heterocycles. The normalized spacial score (nSPS) is 10.6. The van der Waals surface area contributed by atoms with E-state index < -0.39 is 4.92 Å². The maximum absolute atomic E-state index is 11.2. The van der Waals surface area contributed by atoms with Gasteiger partial charge in [-0.3, -0.25) is 10.1 Å². The lowest BCUT2D eigenvalue weighted by Gasteiger charge is -2.06. The highest BCUT2D eigenvalue weighted by atomic mass is 35.5. The average Bonchev–Trinajstić information content (AvgIpc) is 2.38. The van der Waals surface area contributed by atoms with E-state index in [4.69, 9.17) is 11.6 Å². The first-order valence-corrected chi connectivity index (χ1v) is 6.68. The van der Waals surface area contributed by atoms with Crippen molar-refractivity contribution in [2.45, 2.75) is 26.7 Å². The molecule has 6 heteroatoms. The summed E-state index contributed by atoms with van der Waals surface area (Å²) in [4.78, 5) is 18.6. The van der Waals surface area contributed by atoms with Gasteiger partial charge in [0.2, 0.25) is 5.28 Å². The molecule has 2 aromatic rings. The van der Waals surface area contributed by atoms with E-state index in [0.717, 1.165) is 12.8 Å². The lowest BCUT2D eigenvalue weighted by Crippen LogP contribution is -2.01. The number of nitrogens with zero attached hydrogens (tertiary/aromatic N) is 3. The number of benzene rings is 1. The van der Waals surface area contributed by atoms with E-state index in [9.17, 15) is 10.1 Å². The van der Waals surface area contributed by atoms with Crippen molar-refractivity contribution < 1.29 is 4.92 Å². The van der Waals surface area contributed by atoms with Crippen molar-refractivity contribution >= 4 is 17.3 Å². The standard InChI is InChI=1S/C14H14ClN3O2/c1-3-4-10-5-7-11(8-6-10)12-13(18(19)20)9(2)16-14(15)17-12/h5-8H,3-4H2,1-2H3. The van der Waals surface area contributed by atoms with Gasteiger partial charge in [0, 0.05) is 5.56 Å². The van der Waals surface area contributed by atoms with E-state index in [2.05, 4.69) is 16.9 Å². The summed E-state index contributed by atoms with van der Waals surface area (Å²) in [6.45, 7) is 3.66. The molecule has 5 nitrogen and oxygen atoms in total. The highest BCUT2D eigenvalue weighted by Crippen LogP contribution is 2.31. The molecule has 0 aliphatic rings. The maximum Gasteiger partial charge on any atom is 0.316 e. The zero-order chi connectivity index (χ0) is 14.7. The Labute approximate surface area is 121 Å². The Hall–Kier alpha value is -2.01. The number of aromatic nitrogens is 2. The fourth-order valence-electron chi connectivity index (χ4n) is 2.07. The SMILES string of the molecule is CCCc1ccc(-c2nc(Cl)nc(C)c2[N+](=O)[O-])cc1. The summed E-state index contributed by atoms with van der Waals surface area (Å²) in [7, 11) is 0. The number of hydrogen-bond donors (Lipinski definition) is 0. The molecule has 1 aromatic heterocycles. The minimum absolute atomic E-state index is 0.0146. The largest absolute Gasteiger partial charge is 0.316 e. The Balaban J connectivity index is 2.53. The summed E-state index contributed by atoms with van der Waals surface area (Å²) in [5.41, 5.74) is 2.29. The summed E-state index contributed by atoms with van der Waals surface area (Å²) in [6.07, 6.45) is 2.03. The first kappa shape index (κ1) is 14.4. The van der Waals surface area contributed by atoms with Gasteiger partial charge in [-0.25, -0.2) is 9.97 Å². The van der Waals surface area contributed by atoms with Crippen LogP contribution in [0.15, 0.2) is 24.3 Å². The number of nitro groups is 1. The molecule has 0 fully saturated rings. The molecule has 104 valence electrons. The highest BCUT2D eigenvalue weighted by Gasteiger charge is 2.22. The highest BCUT2D eigenvalue weighted by molar-refractivity contribution is 6.28. The fourth-order valence-corrected chi connectivity index (χ4v) is 2.28. The van der Waals surface area contributed by atoms with Crippen LogP contribution in [0.5, 0.6) is 0 Å². The molecule has 20 heavy (non-hydrogen) atoms. The smallest absolute Gasteiger partial charge is 0.258 e. The third-order valence-corrected chi connectivity index (χ3v) is 3.15. The van der Waals surface area contributed by atoms with Crippen LogP contribution in [0.3, 0.4) is 0 Å². The molecule has 2 rings (SSSR count). The van der Waals surface area contributed by atoms with Crippen LogP contribution in [0.25, 0.3) is 11.3 Å². The van der Waals surface area contributed by atoms with Crippen LogP contribution in [0.4, 0.5) is 5.69 Å². The van der Waals surface area contributed by atoms with Crippen molar-refractivity contribution in [1.82, 2.24) is 9.97 Å². The van der Waals surface area contributed by atoms with Crippen LogP contribution < -0.4 is 0 Å². The van der Waals surface area contributed by atoms with Gasteiger partial charge in [0.1, 0.15) is 5.69 Å². The van der Waals surface area contributed by atoms with Gasteiger partial charge in [-0.05, 0) is 30.5 Å². The molecule has 0 unspecified atom stereocenters. The van der Waals surface area contributed by atoms with E-state index in [-0.39, 0.29) is 22.4 Å². The predicted molar refractivity (Wildman–Crippen MR) is 77.9 cm³/mol. The van der Waals surface area contributed by atoms with Gasteiger partial charge in [0.15, 0.2) is 5.69 Å².